The summed E-state index contributed by atoms with van der Waals surface area (Å²) in [6, 6.07) is 10.9. The molecule has 3 rings (SSSR count). The van der Waals surface area contributed by atoms with Gasteiger partial charge in [-0.05, 0) is 87.4 Å². The largest absolute Gasteiger partial charge is 0.490 e. The van der Waals surface area contributed by atoms with Gasteiger partial charge in [0.05, 0.1) is 10.3 Å². The van der Waals surface area contributed by atoms with Crippen molar-refractivity contribution >= 4 is 27.6 Å². The molecule has 0 bridgehead atoms. The van der Waals surface area contributed by atoms with Crippen molar-refractivity contribution in [3.63, 3.8) is 0 Å². The normalized spacial score (nSPS) is 15.2. The summed E-state index contributed by atoms with van der Waals surface area (Å²) >= 11 is 0. The van der Waals surface area contributed by atoms with Gasteiger partial charge in [0.15, 0.2) is 0 Å². The maximum Gasteiger partial charge on any atom is 0.490 e. The second-order valence-corrected chi connectivity index (χ2v) is 10.7. The molecule has 2 aromatic carbocycles. The molecule has 3 N–H and O–H groups in total. The van der Waals surface area contributed by atoms with Crippen molar-refractivity contribution in [2.75, 3.05) is 4.72 Å². The maximum atomic E-state index is 12.9. The van der Waals surface area contributed by atoms with Crippen molar-refractivity contribution in [1.29, 1.82) is 0 Å². The number of carbonyl (C=O) groups excluding carboxylic acids is 1. The highest BCUT2D eigenvalue weighted by atomic mass is 32.2. The number of hydrogen-bond acceptors (Lipinski definition) is 4. The fourth-order valence-corrected chi connectivity index (χ4v) is 4.90. The van der Waals surface area contributed by atoms with E-state index >= 15 is 0 Å². The zero-order valence-corrected chi connectivity index (χ0v) is 21.6. The molecule has 1 saturated carbocycles. The minimum Gasteiger partial charge on any atom is -0.475 e. The van der Waals surface area contributed by atoms with E-state index in [1.807, 2.05) is 45.9 Å². The molecular weight excluding hydrogens is 497 g/mol. The predicted octanol–water partition coefficient (Wildman–Crippen LogP) is 4.99. The molecule has 0 heterocycles. The molecule has 1 atom stereocenters. The minimum atomic E-state index is -5.08. The summed E-state index contributed by atoms with van der Waals surface area (Å²) in [6.07, 6.45) is -2.55. The monoisotopic (exact) mass is 528 g/mol. The lowest BCUT2D eigenvalue weighted by Crippen LogP contribution is -2.39. The SMILES string of the molecule is CCC(C)NC(=O)C1(c2ccc(NS(=O)(=O)c3cc(C)c(C)cc3C)cc2)CC1.O=C(O)C(F)(F)F. The number of aryl methyl sites for hydroxylation is 3. The van der Waals surface area contributed by atoms with Crippen LogP contribution in [-0.2, 0) is 25.0 Å². The van der Waals surface area contributed by atoms with Crippen molar-refractivity contribution in [3.05, 3.63) is 58.7 Å². The number of carbonyl (C=O) groups is 2. The number of hydrogen-bond donors (Lipinski definition) is 3. The molecule has 0 aliphatic heterocycles. The van der Waals surface area contributed by atoms with Crippen LogP contribution in [0.1, 0.15) is 55.4 Å². The molecule has 1 unspecified atom stereocenters. The van der Waals surface area contributed by atoms with Crippen LogP contribution in [0.3, 0.4) is 0 Å². The van der Waals surface area contributed by atoms with Gasteiger partial charge in [0.2, 0.25) is 5.91 Å². The third-order valence-corrected chi connectivity index (χ3v) is 7.71. The van der Waals surface area contributed by atoms with E-state index in [1.54, 1.807) is 25.1 Å². The molecule has 0 saturated heterocycles. The number of carboxylic acids is 1. The molecule has 1 aliphatic carbocycles. The number of alkyl halides is 3. The van der Waals surface area contributed by atoms with Gasteiger partial charge in [0, 0.05) is 11.7 Å². The number of amides is 1. The smallest absolute Gasteiger partial charge is 0.475 e. The fourth-order valence-electron chi connectivity index (χ4n) is 3.53. The Hall–Kier alpha value is -3.08. The van der Waals surface area contributed by atoms with Gasteiger partial charge in [-0.3, -0.25) is 9.52 Å². The van der Waals surface area contributed by atoms with Gasteiger partial charge in [-0.2, -0.15) is 13.2 Å². The topological polar surface area (TPSA) is 113 Å². The Kier molecular flexibility index (Phi) is 8.82. The quantitative estimate of drug-likeness (QED) is 0.469. The summed E-state index contributed by atoms with van der Waals surface area (Å²) in [5.41, 5.74) is 3.68. The maximum absolute atomic E-state index is 12.9. The summed E-state index contributed by atoms with van der Waals surface area (Å²) in [4.78, 5) is 21.9. The lowest BCUT2D eigenvalue weighted by molar-refractivity contribution is -0.192. The first-order chi connectivity index (χ1) is 16.5. The first-order valence-electron chi connectivity index (χ1n) is 11.4. The second kappa shape index (κ2) is 10.9. The Morgan fingerprint density at radius 3 is 1.97 bits per heavy atom. The van der Waals surface area contributed by atoms with E-state index in [0.29, 0.717) is 5.69 Å². The van der Waals surface area contributed by atoms with Gasteiger partial charge >= 0.3 is 12.1 Å². The zero-order chi connectivity index (χ0) is 27.5. The molecule has 1 fully saturated rings. The molecule has 1 aliphatic rings. The average molecular weight is 529 g/mol. The van der Waals surface area contributed by atoms with Crippen LogP contribution < -0.4 is 10.0 Å². The van der Waals surface area contributed by atoms with Gasteiger partial charge in [-0.1, -0.05) is 25.1 Å². The first-order valence-corrected chi connectivity index (χ1v) is 12.8. The Morgan fingerprint density at radius 2 is 1.53 bits per heavy atom. The van der Waals surface area contributed by atoms with Gasteiger partial charge in [-0.15, -0.1) is 0 Å². The lowest BCUT2D eigenvalue weighted by Gasteiger charge is -2.19. The standard InChI is InChI=1S/C23H30N2O3S.C2HF3O2/c1-6-18(5)24-22(26)23(11-12-23)19-7-9-20(10-8-19)25-29(27,28)21-14-16(3)15(2)13-17(21)4;3-2(4,5)1(6)7/h7-10,13-14,18,25H,6,11-12H2,1-5H3,(H,24,26);(H,6,7). The Labute approximate surface area is 209 Å². The van der Waals surface area contributed by atoms with Gasteiger partial charge < -0.3 is 10.4 Å². The molecule has 2 aromatic rings. The van der Waals surface area contributed by atoms with Crippen molar-refractivity contribution in [2.24, 2.45) is 0 Å². The molecular formula is C25H31F3N2O5S. The number of carboxylic acid groups (broad SMARTS) is 1. The van der Waals surface area contributed by atoms with E-state index in [4.69, 9.17) is 9.90 Å². The molecule has 11 heteroatoms. The van der Waals surface area contributed by atoms with Crippen LogP contribution in [0, 0.1) is 20.8 Å². The molecule has 198 valence electrons. The fraction of sp³-hybridized carbons (Fsp3) is 0.440. The summed E-state index contributed by atoms with van der Waals surface area (Å²) in [5.74, 6) is -2.70. The Balaban J connectivity index is 0.000000572. The summed E-state index contributed by atoms with van der Waals surface area (Å²) in [7, 11) is -3.68. The van der Waals surface area contributed by atoms with E-state index in [0.717, 1.165) is 41.5 Å². The minimum absolute atomic E-state index is 0.0611. The van der Waals surface area contributed by atoms with Crippen LogP contribution in [0.15, 0.2) is 41.3 Å². The van der Waals surface area contributed by atoms with Crippen molar-refractivity contribution in [1.82, 2.24) is 5.32 Å². The van der Waals surface area contributed by atoms with E-state index < -0.39 is 27.6 Å². The summed E-state index contributed by atoms with van der Waals surface area (Å²) in [6.45, 7) is 9.72. The third-order valence-electron chi connectivity index (χ3n) is 6.19. The van der Waals surface area contributed by atoms with Crippen molar-refractivity contribution < 1.29 is 36.3 Å². The highest BCUT2D eigenvalue weighted by molar-refractivity contribution is 7.92. The van der Waals surface area contributed by atoms with Crippen LogP contribution in [-0.4, -0.2) is 37.6 Å². The van der Waals surface area contributed by atoms with E-state index in [-0.39, 0.29) is 16.8 Å². The summed E-state index contributed by atoms with van der Waals surface area (Å²) < 4.78 is 60.1. The Bertz CT molecular complexity index is 1220. The predicted molar refractivity (Wildman–Crippen MR) is 130 cm³/mol. The van der Waals surface area contributed by atoms with Gasteiger partial charge in [-0.25, -0.2) is 13.2 Å². The van der Waals surface area contributed by atoms with E-state index in [9.17, 15) is 26.4 Å². The molecule has 0 spiro atoms. The number of benzene rings is 2. The number of sulfonamides is 1. The Morgan fingerprint density at radius 1 is 1.03 bits per heavy atom. The van der Waals surface area contributed by atoms with Crippen LogP contribution >= 0.6 is 0 Å². The average Bonchev–Trinajstić information content (AvgIpc) is 3.58. The molecule has 0 aromatic heterocycles. The van der Waals surface area contributed by atoms with E-state index in [2.05, 4.69) is 10.0 Å². The van der Waals surface area contributed by atoms with Crippen LogP contribution in [0.4, 0.5) is 18.9 Å². The number of nitrogens with one attached hydrogen (secondary N) is 2. The van der Waals surface area contributed by atoms with Gasteiger partial charge in [0.25, 0.3) is 10.0 Å². The number of anilines is 1. The van der Waals surface area contributed by atoms with E-state index in [1.165, 1.54) is 0 Å². The molecule has 7 nitrogen and oxygen atoms in total. The molecule has 1 amide bonds. The number of aliphatic carboxylic acids is 1. The number of halogens is 3. The highest BCUT2D eigenvalue weighted by Gasteiger charge is 2.51. The highest BCUT2D eigenvalue weighted by Crippen LogP contribution is 2.48. The van der Waals surface area contributed by atoms with Crippen molar-refractivity contribution in [2.45, 2.75) is 76.4 Å². The molecule has 36 heavy (non-hydrogen) atoms. The third kappa shape index (κ3) is 6.99. The van der Waals surface area contributed by atoms with Crippen LogP contribution in [0.2, 0.25) is 0 Å². The lowest BCUT2D eigenvalue weighted by atomic mass is 9.94. The van der Waals surface area contributed by atoms with Crippen LogP contribution in [0.25, 0.3) is 0 Å². The molecule has 0 radical (unpaired) electrons. The first kappa shape index (κ1) is 29.2. The summed E-state index contributed by atoms with van der Waals surface area (Å²) in [5, 5.41) is 10.2. The second-order valence-electron chi connectivity index (χ2n) is 9.05. The van der Waals surface area contributed by atoms with Gasteiger partial charge in [0.1, 0.15) is 0 Å². The van der Waals surface area contributed by atoms with Crippen molar-refractivity contribution in [3.8, 4) is 0 Å². The number of rotatable bonds is 7. The zero-order valence-electron chi connectivity index (χ0n) is 20.8. The van der Waals surface area contributed by atoms with Crippen LogP contribution in [0.5, 0.6) is 0 Å².